The van der Waals surface area contributed by atoms with E-state index in [0.29, 0.717) is 23.2 Å². The molecule has 0 aliphatic heterocycles. The first-order valence-corrected chi connectivity index (χ1v) is 10.8. The molecule has 0 spiro atoms. The average molecular weight is 495 g/mol. The van der Waals surface area contributed by atoms with E-state index in [1.165, 1.54) is 42.5 Å². The summed E-state index contributed by atoms with van der Waals surface area (Å²) in [5.74, 6) is -0.749. The number of nitrogens with zero attached hydrogens (tertiary/aromatic N) is 1. The number of aromatic amines is 1. The maximum absolute atomic E-state index is 13.1. The van der Waals surface area contributed by atoms with Crippen molar-refractivity contribution in [1.82, 2.24) is 4.98 Å². The summed E-state index contributed by atoms with van der Waals surface area (Å²) >= 11 is 0. The molecule has 0 fully saturated rings. The minimum Gasteiger partial charge on any atom is -0.508 e. The predicted molar refractivity (Wildman–Crippen MR) is 127 cm³/mol. The van der Waals surface area contributed by atoms with Crippen LogP contribution in [-0.4, -0.2) is 20.9 Å². The van der Waals surface area contributed by atoms with Crippen LogP contribution in [0.2, 0.25) is 0 Å². The molecular weight excluding hydrogens is 475 g/mol. The number of H-pyrrole nitrogens is 1. The average Bonchev–Trinajstić information content (AvgIpc) is 3.23. The van der Waals surface area contributed by atoms with Crippen molar-refractivity contribution in [3.05, 3.63) is 105 Å². The van der Waals surface area contributed by atoms with Crippen molar-refractivity contribution in [2.75, 3.05) is 0 Å². The zero-order valence-electron chi connectivity index (χ0n) is 18.7. The molecule has 1 heterocycles. The number of phenols is 1. The molecule has 1 aromatic heterocycles. The smallest absolute Gasteiger partial charge is 0.416 e. The number of benzene rings is 3. The normalized spacial score (nSPS) is 11.4. The number of aryl methyl sites for hydroxylation is 1. The highest BCUT2D eigenvalue weighted by Gasteiger charge is 2.31. The monoisotopic (exact) mass is 495 g/mol. The van der Waals surface area contributed by atoms with E-state index in [2.05, 4.69) is 4.98 Å². The van der Waals surface area contributed by atoms with E-state index in [-0.39, 0.29) is 34.7 Å². The largest absolute Gasteiger partial charge is 0.508 e. The number of halogens is 3. The van der Waals surface area contributed by atoms with Crippen LogP contribution < -0.4 is 5.73 Å². The van der Waals surface area contributed by atoms with Gasteiger partial charge in [0.05, 0.1) is 27.3 Å². The number of primary amides is 1. The third-order valence-electron chi connectivity index (χ3n) is 5.82. The number of carbonyl (C=O) groups is 1. The lowest BCUT2D eigenvalue weighted by molar-refractivity contribution is -0.384. The Morgan fingerprint density at radius 3 is 2.17 bits per heavy atom. The maximum atomic E-state index is 13.1. The summed E-state index contributed by atoms with van der Waals surface area (Å²) in [4.78, 5) is 26.7. The summed E-state index contributed by atoms with van der Waals surface area (Å²) in [6, 6.07) is 16.6. The second-order valence-electron chi connectivity index (χ2n) is 8.11. The Balaban J connectivity index is 1.90. The van der Waals surface area contributed by atoms with Crippen molar-refractivity contribution < 1.29 is 28.0 Å². The Morgan fingerprint density at radius 1 is 0.944 bits per heavy atom. The first-order chi connectivity index (χ1) is 17.1. The number of nitro groups is 1. The van der Waals surface area contributed by atoms with Gasteiger partial charge in [-0.1, -0.05) is 36.4 Å². The SMILES string of the molecule is NC(=O)c1c(-c2ccccc2[N+](=O)[O-])[nH]c(-c2ccc(C(F)(F)F)cc2)c1CCc1ccc(O)cc1. The highest BCUT2D eigenvalue weighted by atomic mass is 19.4. The fourth-order valence-electron chi connectivity index (χ4n) is 4.11. The van der Waals surface area contributed by atoms with E-state index < -0.39 is 22.6 Å². The van der Waals surface area contributed by atoms with Crippen molar-refractivity contribution in [1.29, 1.82) is 0 Å². The molecule has 0 aliphatic carbocycles. The number of aromatic hydroxyl groups is 1. The summed E-state index contributed by atoms with van der Waals surface area (Å²) in [5.41, 5.74) is 6.85. The Hall–Kier alpha value is -4.60. The number of nitro benzene ring substituents is 1. The van der Waals surface area contributed by atoms with Gasteiger partial charge in [-0.05, 0) is 59.9 Å². The number of para-hydroxylation sites is 1. The lowest BCUT2D eigenvalue weighted by Gasteiger charge is -2.10. The number of hydrogen-bond donors (Lipinski definition) is 3. The zero-order valence-corrected chi connectivity index (χ0v) is 18.7. The highest BCUT2D eigenvalue weighted by molar-refractivity contribution is 6.03. The van der Waals surface area contributed by atoms with Crippen LogP contribution in [0.1, 0.15) is 27.0 Å². The van der Waals surface area contributed by atoms with E-state index in [1.807, 2.05) is 0 Å². The van der Waals surface area contributed by atoms with Gasteiger partial charge in [0.2, 0.25) is 0 Å². The first kappa shape index (κ1) is 24.5. The van der Waals surface area contributed by atoms with E-state index in [4.69, 9.17) is 5.73 Å². The fraction of sp³-hybridized carbons (Fsp3) is 0.115. The van der Waals surface area contributed by atoms with E-state index in [1.54, 1.807) is 18.2 Å². The number of alkyl halides is 3. The summed E-state index contributed by atoms with van der Waals surface area (Å²) in [5, 5.41) is 21.2. The molecule has 3 aromatic carbocycles. The molecule has 1 amide bonds. The first-order valence-electron chi connectivity index (χ1n) is 10.8. The summed E-state index contributed by atoms with van der Waals surface area (Å²) in [6.45, 7) is 0. The number of rotatable bonds is 7. The van der Waals surface area contributed by atoms with Crippen molar-refractivity contribution in [2.45, 2.75) is 19.0 Å². The predicted octanol–water partition coefficient (Wildman–Crippen LogP) is 5.87. The van der Waals surface area contributed by atoms with Crippen molar-refractivity contribution in [3.8, 4) is 28.3 Å². The molecule has 0 radical (unpaired) electrons. The molecular formula is C26H20F3N3O4. The van der Waals surface area contributed by atoms with Crippen molar-refractivity contribution >= 4 is 11.6 Å². The Bertz CT molecular complexity index is 1430. The van der Waals surface area contributed by atoms with Gasteiger partial charge in [-0.15, -0.1) is 0 Å². The van der Waals surface area contributed by atoms with Gasteiger partial charge in [0.1, 0.15) is 5.75 Å². The molecule has 36 heavy (non-hydrogen) atoms. The summed E-state index contributed by atoms with van der Waals surface area (Å²) in [7, 11) is 0. The van der Waals surface area contributed by atoms with Crippen LogP contribution in [0.4, 0.5) is 18.9 Å². The van der Waals surface area contributed by atoms with Gasteiger partial charge in [-0.2, -0.15) is 13.2 Å². The van der Waals surface area contributed by atoms with E-state index in [0.717, 1.165) is 17.7 Å². The van der Waals surface area contributed by atoms with Crippen LogP contribution >= 0.6 is 0 Å². The van der Waals surface area contributed by atoms with Crippen LogP contribution in [0.25, 0.3) is 22.5 Å². The topological polar surface area (TPSA) is 122 Å². The Labute approximate surface area is 203 Å². The third kappa shape index (κ3) is 4.92. The van der Waals surface area contributed by atoms with Gasteiger partial charge in [0.15, 0.2) is 0 Å². The van der Waals surface area contributed by atoms with Gasteiger partial charge in [0, 0.05) is 11.8 Å². The second-order valence-corrected chi connectivity index (χ2v) is 8.11. The van der Waals surface area contributed by atoms with Crippen LogP contribution in [0, 0.1) is 10.1 Å². The van der Waals surface area contributed by atoms with E-state index in [9.17, 15) is 33.2 Å². The lowest BCUT2D eigenvalue weighted by Crippen LogP contribution is -2.14. The Kier molecular flexibility index (Phi) is 6.52. The molecule has 4 aromatic rings. The number of nitrogens with one attached hydrogen (secondary N) is 1. The number of nitrogens with two attached hydrogens (primary N) is 1. The van der Waals surface area contributed by atoms with Gasteiger partial charge >= 0.3 is 6.18 Å². The standard InChI is InChI=1S/C26H20F3N3O4/c27-26(28,29)17-10-8-16(9-11-17)23-20(14-7-15-5-12-18(33)13-6-15)22(25(30)34)24(31-23)19-3-1-2-4-21(19)32(35)36/h1-6,8-13,31,33H,7,14H2,(H2,30,34). The molecule has 0 atom stereocenters. The third-order valence-corrected chi connectivity index (χ3v) is 5.82. The Morgan fingerprint density at radius 2 is 1.58 bits per heavy atom. The molecule has 0 aliphatic rings. The number of carbonyl (C=O) groups excluding carboxylic acids is 1. The van der Waals surface area contributed by atoms with Crippen molar-refractivity contribution in [2.24, 2.45) is 5.73 Å². The molecule has 0 saturated carbocycles. The molecule has 10 heteroatoms. The van der Waals surface area contributed by atoms with Crippen LogP contribution in [0.15, 0.2) is 72.8 Å². The van der Waals surface area contributed by atoms with E-state index >= 15 is 0 Å². The number of phenolic OH excluding ortho intramolecular Hbond substituents is 1. The van der Waals surface area contributed by atoms with Crippen LogP contribution in [0.5, 0.6) is 5.75 Å². The summed E-state index contributed by atoms with van der Waals surface area (Å²) < 4.78 is 39.3. The lowest BCUT2D eigenvalue weighted by atomic mass is 9.95. The second kappa shape index (κ2) is 9.57. The van der Waals surface area contributed by atoms with Gasteiger partial charge in [-0.3, -0.25) is 14.9 Å². The fourth-order valence-corrected chi connectivity index (χ4v) is 4.11. The molecule has 4 rings (SSSR count). The molecule has 0 saturated heterocycles. The number of hydrogen-bond acceptors (Lipinski definition) is 4. The highest BCUT2D eigenvalue weighted by Crippen LogP contribution is 2.39. The molecule has 0 unspecified atom stereocenters. The van der Waals surface area contributed by atoms with Gasteiger partial charge in [-0.25, -0.2) is 0 Å². The minimum atomic E-state index is -4.52. The van der Waals surface area contributed by atoms with Crippen LogP contribution in [-0.2, 0) is 19.0 Å². The minimum absolute atomic E-state index is 0.0259. The molecule has 7 nitrogen and oxygen atoms in total. The maximum Gasteiger partial charge on any atom is 0.416 e. The number of aromatic nitrogens is 1. The van der Waals surface area contributed by atoms with Gasteiger partial charge < -0.3 is 15.8 Å². The summed E-state index contributed by atoms with van der Waals surface area (Å²) in [6.07, 6.45) is -3.87. The molecule has 0 bridgehead atoms. The zero-order chi connectivity index (χ0) is 26.0. The molecule has 184 valence electrons. The van der Waals surface area contributed by atoms with Crippen molar-refractivity contribution in [3.63, 3.8) is 0 Å². The number of amides is 1. The van der Waals surface area contributed by atoms with Gasteiger partial charge in [0.25, 0.3) is 11.6 Å². The quantitative estimate of drug-likeness (QED) is 0.219. The molecule has 4 N–H and O–H groups in total. The van der Waals surface area contributed by atoms with Crippen LogP contribution in [0.3, 0.4) is 0 Å².